The highest BCUT2D eigenvalue weighted by molar-refractivity contribution is 7.91. The van der Waals surface area contributed by atoms with Gasteiger partial charge in [0, 0.05) is 19.5 Å². The molecule has 0 spiro atoms. The molecule has 0 bridgehead atoms. The quantitative estimate of drug-likeness (QED) is 0.669. The molecule has 9 nitrogen and oxygen atoms in total. The molecule has 2 aromatic rings. The van der Waals surface area contributed by atoms with Crippen molar-refractivity contribution in [3.63, 3.8) is 0 Å². The van der Waals surface area contributed by atoms with E-state index < -0.39 is 30.7 Å². The Morgan fingerprint density at radius 1 is 0.815 bits per heavy atom. The normalized spacial score (nSPS) is 11.7. The number of sulfone groups is 1. The van der Waals surface area contributed by atoms with Gasteiger partial charge in [-0.1, -0.05) is 0 Å². The van der Waals surface area contributed by atoms with E-state index >= 15 is 0 Å². The van der Waals surface area contributed by atoms with Crippen LogP contribution in [0.15, 0.2) is 57.2 Å². The SMILES string of the molecule is CC(=O)Nc1ccc(S(=O)(=O)c2ccc(NC(C)=O)c(S(N)(=O)=O)c2)cc1. The van der Waals surface area contributed by atoms with E-state index in [1.165, 1.54) is 38.1 Å². The van der Waals surface area contributed by atoms with Gasteiger partial charge in [0.15, 0.2) is 0 Å². The Kier molecular flexibility index (Phi) is 5.68. The molecule has 4 N–H and O–H groups in total. The maximum absolute atomic E-state index is 12.8. The van der Waals surface area contributed by atoms with Crippen LogP contribution in [-0.4, -0.2) is 28.6 Å². The number of hydrogen-bond donors (Lipinski definition) is 3. The first kappa shape index (κ1) is 20.6. The summed E-state index contributed by atoms with van der Waals surface area (Å²) in [5, 5.41) is 9.94. The van der Waals surface area contributed by atoms with Gasteiger partial charge in [-0.15, -0.1) is 0 Å². The second-order valence-corrected chi connectivity index (χ2v) is 9.07. The lowest BCUT2D eigenvalue weighted by Crippen LogP contribution is -2.17. The lowest BCUT2D eigenvalue weighted by molar-refractivity contribution is -0.115. The van der Waals surface area contributed by atoms with E-state index in [0.717, 1.165) is 18.2 Å². The molecule has 11 heteroatoms. The van der Waals surface area contributed by atoms with Crippen LogP contribution in [0, 0.1) is 0 Å². The number of amides is 2. The number of nitrogens with two attached hydrogens (primary N) is 1. The fraction of sp³-hybridized carbons (Fsp3) is 0.125. The highest BCUT2D eigenvalue weighted by Crippen LogP contribution is 2.28. The molecule has 27 heavy (non-hydrogen) atoms. The van der Waals surface area contributed by atoms with Crippen LogP contribution in [0.25, 0.3) is 0 Å². The predicted octanol–water partition coefficient (Wildman–Crippen LogP) is 1.08. The van der Waals surface area contributed by atoms with Crippen LogP contribution in [0.4, 0.5) is 11.4 Å². The molecule has 0 aromatic heterocycles. The van der Waals surface area contributed by atoms with Crippen molar-refractivity contribution in [1.29, 1.82) is 0 Å². The van der Waals surface area contributed by atoms with Gasteiger partial charge in [0.2, 0.25) is 31.7 Å². The van der Waals surface area contributed by atoms with Crippen molar-refractivity contribution in [2.24, 2.45) is 5.14 Å². The van der Waals surface area contributed by atoms with Gasteiger partial charge in [0.1, 0.15) is 4.90 Å². The van der Waals surface area contributed by atoms with Gasteiger partial charge in [-0.25, -0.2) is 22.0 Å². The third-order valence-electron chi connectivity index (χ3n) is 3.37. The zero-order chi connectivity index (χ0) is 20.4. The maximum atomic E-state index is 12.8. The molecule has 0 aliphatic heterocycles. The van der Waals surface area contributed by atoms with Crippen LogP contribution in [0.1, 0.15) is 13.8 Å². The minimum atomic E-state index is -4.29. The number of carbonyl (C=O) groups is 2. The minimum absolute atomic E-state index is 0.107. The highest BCUT2D eigenvalue weighted by atomic mass is 32.2. The lowest BCUT2D eigenvalue weighted by Gasteiger charge is -2.11. The number of nitrogens with one attached hydrogen (secondary N) is 2. The van der Waals surface area contributed by atoms with Crippen LogP contribution in [0.5, 0.6) is 0 Å². The molecule has 0 aliphatic rings. The van der Waals surface area contributed by atoms with Crippen molar-refractivity contribution in [3.05, 3.63) is 42.5 Å². The number of anilines is 2. The summed E-state index contributed by atoms with van der Waals surface area (Å²) in [5.74, 6) is -0.846. The molecule has 2 aromatic carbocycles. The number of benzene rings is 2. The Labute approximate surface area is 156 Å². The van der Waals surface area contributed by atoms with Crippen molar-refractivity contribution in [3.8, 4) is 0 Å². The molecule has 144 valence electrons. The zero-order valence-corrected chi connectivity index (χ0v) is 16.0. The first-order valence-electron chi connectivity index (χ1n) is 7.48. The van der Waals surface area contributed by atoms with Crippen LogP contribution < -0.4 is 15.8 Å². The Balaban J connectivity index is 2.52. The van der Waals surface area contributed by atoms with Crippen LogP contribution in [0.3, 0.4) is 0 Å². The molecule has 0 saturated heterocycles. The van der Waals surface area contributed by atoms with Gasteiger partial charge in [0.25, 0.3) is 0 Å². The molecule has 2 amide bonds. The maximum Gasteiger partial charge on any atom is 0.240 e. The van der Waals surface area contributed by atoms with Crippen LogP contribution in [0.2, 0.25) is 0 Å². The summed E-state index contributed by atoms with van der Waals surface area (Å²) in [6, 6.07) is 8.56. The summed E-state index contributed by atoms with van der Waals surface area (Å²) < 4.78 is 49.1. The van der Waals surface area contributed by atoms with Crippen LogP contribution >= 0.6 is 0 Å². The first-order chi connectivity index (χ1) is 12.4. The molecule has 0 fully saturated rings. The molecule has 0 saturated carbocycles. The Hall–Kier alpha value is -2.76. The summed E-state index contributed by atoms with van der Waals surface area (Å²) in [7, 11) is -8.35. The van der Waals surface area contributed by atoms with E-state index in [0.29, 0.717) is 5.69 Å². The number of hydrogen-bond acceptors (Lipinski definition) is 6. The summed E-state index contributed by atoms with van der Waals surface area (Å²) in [4.78, 5) is 21.3. The van der Waals surface area contributed by atoms with Gasteiger partial charge < -0.3 is 10.6 Å². The van der Waals surface area contributed by atoms with Gasteiger partial charge in [-0.2, -0.15) is 0 Å². The second kappa shape index (κ2) is 7.47. The van der Waals surface area contributed by atoms with Gasteiger partial charge in [0.05, 0.1) is 15.5 Å². The first-order valence-corrected chi connectivity index (χ1v) is 10.5. The topological polar surface area (TPSA) is 152 Å². The van der Waals surface area contributed by atoms with E-state index in [1.807, 2.05) is 0 Å². The van der Waals surface area contributed by atoms with Crippen molar-refractivity contribution >= 4 is 43.0 Å². The third-order valence-corrected chi connectivity index (χ3v) is 6.08. The lowest BCUT2D eigenvalue weighted by atomic mass is 10.3. The molecular weight excluding hydrogens is 394 g/mol. The van der Waals surface area contributed by atoms with Crippen molar-refractivity contribution in [2.75, 3.05) is 10.6 Å². The molecule has 0 unspecified atom stereocenters. The molecule has 0 aliphatic carbocycles. The Morgan fingerprint density at radius 3 is 1.81 bits per heavy atom. The minimum Gasteiger partial charge on any atom is -0.326 e. The van der Waals surface area contributed by atoms with Crippen molar-refractivity contribution < 1.29 is 26.4 Å². The Morgan fingerprint density at radius 2 is 1.33 bits per heavy atom. The summed E-state index contributed by atoms with van der Waals surface area (Å²) in [6.07, 6.45) is 0. The molecule has 0 heterocycles. The summed E-state index contributed by atoms with van der Waals surface area (Å²) in [5.41, 5.74) is 0.289. The average Bonchev–Trinajstić information content (AvgIpc) is 2.53. The van der Waals surface area contributed by atoms with Gasteiger partial charge in [-0.05, 0) is 42.5 Å². The van der Waals surface area contributed by atoms with Gasteiger partial charge >= 0.3 is 0 Å². The smallest absolute Gasteiger partial charge is 0.240 e. The summed E-state index contributed by atoms with van der Waals surface area (Å²) >= 11 is 0. The molecule has 0 radical (unpaired) electrons. The van der Waals surface area contributed by atoms with E-state index in [1.54, 1.807) is 0 Å². The fourth-order valence-electron chi connectivity index (χ4n) is 2.25. The largest absolute Gasteiger partial charge is 0.326 e. The highest BCUT2D eigenvalue weighted by Gasteiger charge is 2.23. The number of carbonyl (C=O) groups excluding carboxylic acids is 2. The van der Waals surface area contributed by atoms with Crippen molar-refractivity contribution in [1.82, 2.24) is 0 Å². The van der Waals surface area contributed by atoms with Gasteiger partial charge in [-0.3, -0.25) is 9.59 Å². The zero-order valence-electron chi connectivity index (χ0n) is 14.4. The van der Waals surface area contributed by atoms with E-state index in [-0.39, 0.29) is 21.4 Å². The molecule has 2 rings (SSSR count). The predicted molar refractivity (Wildman–Crippen MR) is 98.3 cm³/mol. The van der Waals surface area contributed by atoms with Crippen LogP contribution in [-0.2, 0) is 29.4 Å². The number of sulfonamides is 1. The molecular formula is C16H17N3O6S2. The third kappa shape index (κ3) is 4.90. The van der Waals surface area contributed by atoms with E-state index in [4.69, 9.17) is 5.14 Å². The van der Waals surface area contributed by atoms with Crippen molar-refractivity contribution in [2.45, 2.75) is 28.5 Å². The standard InChI is InChI=1S/C16H17N3O6S2/c1-10(20)18-12-3-5-13(6-4-12)26(22,23)14-7-8-15(19-11(2)21)16(9-14)27(17,24)25/h3-9H,1-2H3,(H,18,20)(H,19,21)(H2,17,24,25). The number of primary sulfonamides is 1. The average molecular weight is 411 g/mol. The monoisotopic (exact) mass is 411 g/mol. The summed E-state index contributed by atoms with van der Waals surface area (Å²) in [6.45, 7) is 2.49. The fourth-order valence-corrected chi connectivity index (χ4v) is 4.33. The number of rotatable bonds is 5. The second-order valence-electron chi connectivity index (χ2n) is 5.59. The molecule has 0 atom stereocenters. The Bertz CT molecular complexity index is 1110. The van der Waals surface area contributed by atoms with E-state index in [2.05, 4.69) is 10.6 Å². The van der Waals surface area contributed by atoms with E-state index in [9.17, 15) is 26.4 Å².